The van der Waals surface area contributed by atoms with Crippen molar-refractivity contribution >= 4 is 11.6 Å². The number of nitrogens with zero attached hydrogens (tertiary/aromatic N) is 4. The van der Waals surface area contributed by atoms with E-state index >= 15 is 0 Å². The molecule has 1 fully saturated rings. The molecule has 0 radical (unpaired) electrons. The Morgan fingerprint density at radius 1 is 1.13 bits per heavy atom. The minimum absolute atomic E-state index is 0.281. The Hall–Kier alpha value is -3.26. The van der Waals surface area contributed by atoms with Gasteiger partial charge in [-0.15, -0.1) is 10.2 Å². The number of methoxy groups -OCH3 is 1. The smallest absolute Gasteiger partial charge is 0.293 e. The molecule has 1 aromatic heterocycles. The van der Waals surface area contributed by atoms with E-state index in [1.165, 1.54) is 17.7 Å². The highest BCUT2D eigenvalue weighted by Gasteiger charge is 2.39. The maximum Gasteiger partial charge on any atom is 0.293 e. The van der Waals surface area contributed by atoms with E-state index < -0.39 is 5.82 Å². The molecule has 2 aliphatic heterocycles. The number of hydrogen-bond donors (Lipinski definition) is 1. The number of carbonyl (C=O) groups excluding carboxylic acids is 1. The molecule has 1 N–H and O–H groups in total. The number of likely N-dealkylation sites (tertiary alicyclic amines) is 1. The number of carbonyl (C=O) groups is 1. The van der Waals surface area contributed by atoms with Crippen molar-refractivity contribution in [3.05, 3.63) is 71.6 Å². The lowest BCUT2D eigenvalue weighted by atomic mass is 9.89. The number of rotatable bonds is 5. The number of amides is 1. The summed E-state index contributed by atoms with van der Waals surface area (Å²) in [5.74, 6) is 2.17. The van der Waals surface area contributed by atoms with Crippen LogP contribution in [-0.4, -0.2) is 45.8 Å². The van der Waals surface area contributed by atoms with Crippen LogP contribution in [0.5, 0.6) is 5.75 Å². The first-order valence-corrected chi connectivity index (χ1v) is 10.4. The Labute approximate surface area is 179 Å². The van der Waals surface area contributed by atoms with Gasteiger partial charge in [0.1, 0.15) is 17.4 Å². The van der Waals surface area contributed by atoms with E-state index in [0.29, 0.717) is 24.1 Å². The summed E-state index contributed by atoms with van der Waals surface area (Å²) in [5.41, 5.74) is 1.63. The van der Waals surface area contributed by atoms with Crippen molar-refractivity contribution in [2.45, 2.75) is 19.5 Å². The average molecular weight is 421 g/mol. The second-order valence-corrected chi connectivity index (χ2v) is 8.28. The topological polar surface area (TPSA) is 72.3 Å². The van der Waals surface area contributed by atoms with Crippen LogP contribution in [-0.2, 0) is 19.5 Å². The van der Waals surface area contributed by atoms with E-state index in [2.05, 4.69) is 32.5 Å². The predicted octanol–water partition coefficient (Wildman–Crippen LogP) is 2.98. The van der Waals surface area contributed by atoms with E-state index in [-0.39, 0.29) is 11.7 Å². The van der Waals surface area contributed by atoms with Gasteiger partial charge in [0, 0.05) is 38.3 Å². The summed E-state index contributed by atoms with van der Waals surface area (Å²) in [6.45, 7) is 3.55. The fourth-order valence-corrected chi connectivity index (χ4v) is 4.70. The van der Waals surface area contributed by atoms with Gasteiger partial charge in [0.2, 0.25) is 5.82 Å². The Balaban J connectivity index is 1.27. The van der Waals surface area contributed by atoms with Crippen molar-refractivity contribution in [1.82, 2.24) is 19.7 Å². The fraction of sp³-hybridized carbons (Fsp3) is 0.348. The molecule has 2 aliphatic rings. The van der Waals surface area contributed by atoms with Gasteiger partial charge in [-0.3, -0.25) is 9.69 Å². The molecule has 0 bridgehead atoms. The van der Waals surface area contributed by atoms with Gasteiger partial charge in [-0.05, 0) is 47.7 Å². The summed E-state index contributed by atoms with van der Waals surface area (Å²) in [4.78, 5) is 15.2. The minimum Gasteiger partial charge on any atom is -0.497 e. The second kappa shape index (κ2) is 8.11. The third-order valence-corrected chi connectivity index (χ3v) is 6.17. The minimum atomic E-state index is -0.397. The highest BCUT2D eigenvalue weighted by Crippen LogP contribution is 2.33. The molecule has 8 heteroatoms. The van der Waals surface area contributed by atoms with Crippen LogP contribution in [0.4, 0.5) is 10.1 Å². The summed E-state index contributed by atoms with van der Waals surface area (Å²) in [5, 5.41) is 11.1. The number of hydrogen-bond acceptors (Lipinski definition) is 5. The summed E-state index contributed by atoms with van der Waals surface area (Å²) < 4.78 is 20.7. The maximum atomic E-state index is 13.4. The lowest BCUT2D eigenvalue weighted by Crippen LogP contribution is -2.31. The van der Waals surface area contributed by atoms with Crippen molar-refractivity contribution in [3.8, 4) is 5.75 Å². The van der Waals surface area contributed by atoms with E-state index in [9.17, 15) is 9.18 Å². The largest absolute Gasteiger partial charge is 0.497 e. The van der Waals surface area contributed by atoms with Crippen molar-refractivity contribution in [2.24, 2.45) is 11.8 Å². The first-order valence-electron chi connectivity index (χ1n) is 10.4. The van der Waals surface area contributed by atoms with Crippen molar-refractivity contribution in [1.29, 1.82) is 0 Å². The fourth-order valence-electron chi connectivity index (χ4n) is 4.70. The number of ether oxygens (including phenoxy) is 1. The highest BCUT2D eigenvalue weighted by molar-refractivity contribution is 6.01. The van der Waals surface area contributed by atoms with Gasteiger partial charge in [0.25, 0.3) is 5.91 Å². The molecule has 160 valence electrons. The zero-order valence-corrected chi connectivity index (χ0v) is 17.3. The van der Waals surface area contributed by atoms with Gasteiger partial charge in [-0.1, -0.05) is 18.2 Å². The van der Waals surface area contributed by atoms with Crippen LogP contribution in [0.2, 0.25) is 0 Å². The van der Waals surface area contributed by atoms with Crippen LogP contribution in [0.3, 0.4) is 0 Å². The number of halogens is 1. The number of aromatic nitrogens is 3. The number of fused-ring (bicyclic) bond motifs is 2. The number of anilines is 1. The molecule has 31 heavy (non-hydrogen) atoms. The zero-order chi connectivity index (χ0) is 21.4. The normalized spacial score (nSPS) is 20.2. The Kier molecular flexibility index (Phi) is 5.15. The molecule has 2 atom stereocenters. The lowest BCUT2D eigenvalue weighted by Gasteiger charge is -2.25. The molecule has 0 unspecified atom stereocenters. The summed E-state index contributed by atoms with van der Waals surface area (Å²) in [7, 11) is 1.68. The maximum absolute atomic E-state index is 13.4. The van der Waals surface area contributed by atoms with Crippen LogP contribution < -0.4 is 10.1 Å². The summed E-state index contributed by atoms with van der Waals surface area (Å²) in [6.07, 6.45) is 0.805. The lowest BCUT2D eigenvalue weighted by molar-refractivity contribution is 0.100. The second-order valence-electron chi connectivity index (χ2n) is 8.28. The molecule has 2 aromatic carbocycles. The molecule has 0 spiro atoms. The molecular formula is C23H24FN5O2. The standard InChI is InChI=1S/C23H24FN5O2/c1-31-20-7-2-4-15(8-20)11-28-12-16-9-21-26-27-22(29(21)14-17(16)13-28)23(30)25-19-6-3-5-18(24)10-19/h2-8,10,16-17H,9,11-14H2,1H3,(H,25,30)/t16-,17-/m0/s1. The third kappa shape index (κ3) is 4.03. The van der Waals surface area contributed by atoms with E-state index in [0.717, 1.165) is 37.6 Å². The molecular weight excluding hydrogens is 397 g/mol. The van der Waals surface area contributed by atoms with Crippen molar-refractivity contribution in [2.75, 3.05) is 25.5 Å². The number of benzene rings is 2. The highest BCUT2D eigenvalue weighted by atomic mass is 19.1. The average Bonchev–Trinajstić information content (AvgIpc) is 3.34. The molecule has 3 heterocycles. The first kappa shape index (κ1) is 19.7. The Morgan fingerprint density at radius 3 is 2.81 bits per heavy atom. The quantitative estimate of drug-likeness (QED) is 0.686. The molecule has 1 amide bonds. The Morgan fingerprint density at radius 2 is 1.97 bits per heavy atom. The monoisotopic (exact) mass is 421 g/mol. The molecule has 7 nitrogen and oxygen atoms in total. The van der Waals surface area contributed by atoms with Crippen molar-refractivity contribution < 1.29 is 13.9 Å². The Bertz CT molecular complexity index is 1110. The molecule has 3 aromatic rings. The summed E-state index contributed by atoms with van der Waals surface area (Å²) in [6, 6.07) is 14.0. The number of nitrogens with one attached hydrogen (secondary N) is 1. The van der Waals surface area contributed by atoms with Crippen LogP contribution in [0.25, 0.3) is 0 Å². The van der Waals surface area contributed by atoms with Crippen LogP contribution in [0.15, 0.2) is 48.5 Å². The molecule has 0 aliphatic carbocycles. The van der Waals surface area contributed by atoms with Gasteiger partial charge < -0.3 is 14.6 Å². The zero-order valence-electron chi connectivity index (χ0n) is 17.3. The van der Waals surface area contributed by atoms with E-state index in [4.69, 9.17) is 4.74 Å². The predicted molar refractivity (Wildman–Crippen MR) is 113 cm³/mol. The molecule has 1 saturated heterocycles. The van der Waals surface area contributed by atoms with Gasteiger partial charge in [0.15, 0.2) is 0 Å². The SMILES string of the molecule is COc1cccc(CN2C[C@@H]3Cc4nnc(C(=O)Nc5cccc(F)c5)n4C[C@@H]3C2)c1. The molecule has 5 rings (SSSR count). The molecule has 0 saturated carbocycles. The van der Waals surface area contributed by atoms with Gasteiger partial charge in [0.05, 0.1) is 7.11 Å². The summed E-state index contributed by atoms with van der Waals surface area (Å²) >= 11 is 0. The van der Waals surface area contributed by atoms with Gasteiger partial charge >= 0.3 is 0 Å². The van der Waals surface area contributed by atoms with Crippen molar-refractivity contribution in [3.63, 3.8) is 0 Å². The van der Waals surface area contributed by atoms with E-state index in [1.54, 1.807) is 19.2 Å². The van der Waals surface area contributed by atoms with E-state index in [1.807, 2.05) is 16.7 Å². The first-order chi connectivity index (χ1) is 15.1. The van der Waals surface area contributed by atoms with Crippen LogP contribution >= 0.6 is 0 Å². The van der Waals surface area contributed by atoms with Gasteiger partial charge in [-0.2, -0.15) is 0 Å². The van der Waals surface area contributed by atoms with Gasteiger partial charge in [-0.25, -0.2) is 4.39 Å². The van der Waals surface area contributed by atoms with Crippen LogP contribution in [0, 0.1) is 17.7 Å². The third-order valence-electron chi connectivity index (χ3n) is 6.17. The van der Waals surface area contributed by atoms with Crippen LogP contribution in [0.1, 0.15) is 22.0 Å².